The molecule has 0 radical (unpaired) electrons. The largest absolute Gasteiger partial charge is 0.330 e. The van der Waals surface area contributed by atoms with Crippen LogP contribution in [-0.4, -0.2) is 16.3 Å². The van der Waals surface area contributed by atoms with E-state index < -0.39 is 0 Å². The van der Waals surface area contributed by atoms with E-state index in [0.717, 1.165) is 27.3 Å². The van der Waals surface area contributed by atoms with Crippen LogP contribution in [0.3, 0.4) is 0 Å². The molecule has 0 spiro atoms. The molecule has 2 rings (SSSR count). The Kier molecular flexibility index (Phi) is 3.63. The van der Waals surface area contributed by atoms with Crippen LogP contribution in [-0.2, 0) is 6.42 Å². The van der Waals surface area contributed by atoms with Gasteiger partial charge in [-0.25, -0.2) is 4.68 Å². The zero-order valence-corrected chi connectivity index (χ0v) is 10.9. The molecule has 0 aliphatic heterocycles. The summed E-state index contributed by atoms with van der Waals surface area (Å²) in [6, 6.07) is 7.53. The smallest absolute Gasteiger partial charge is 0.0783 e. The van der Waals surface area contributed by atoms with E-state index in [1.54, 1.807) is 0 Å². The Labute approximate surface area is 107 Å². The molecule has 0 atom stereocenters. The lowest BCUT2D eigenvalue weighted by Gasteiger charge is -2.00. The topological polar surface area (TPSA) is 43.8 Å². The van der Waals surface area contributed by atoms with Gasteiger partial charge in [-0.1, -0.05) is 11.6 Å². The van der Waals surface area contributed by atoms with Crippen molar-refractivity contribution in [1.82, 2.24) is 9.78 Å². The van der Waals surface area contributed by atoms with Crippen molar-refractivity contribution in [3.05, 3.63) is 45.7 Å². The Hall–Kier alpha value is -0.840. The molecular weight excluding hydrogens is 289 g/mol. The zero-order chi connectivity index (χ0) is 11.5. The Bertz CT molecular complexity index is 478. The van der Waals surface area contributed by atoms with Gasteiger partial charge in [0.05, 0.1) is 15.9 Å². The van der Waals surface area contributed by atoms with Gasteiger partial charge in [-0.3, -0.25) is 0 Å². The van der Waals surface area contributed by atoms with Gasteiger partial charge in [-0.2, -0.15) is 5.10 Å². The summed E-state index contributed by atoms with van der Waals surface area (Å²) >= 11 is 9.29. The van der Waals surface area contributed by atoms with Crippen LogP contribution in [0.5, 0.6) is 0 Å². The van der Waals surface area contributed by atoms with E-state index in [2.05, 4.69) is 21.0 Å². The molecule has 0 aliphatic rings. The summed E-state index contributed by atoms with van der Waals surface area (Å²) in [4.78, 5) is 0. The molecule has 0 unspecified atom stereocenters. The summed E-state index contributed by atoms with van der Waals surface area (Å²) in [6.45, 7) is 0.593. The second-order valence-corrected chi connectivity index (χ2v) is 4.67. The van der Waals surface area contributed by atoms with Crippen LogP contribution >= 0.6 is 27.5 Å². The molecule has 3 nitrogen and oxygen atoms in total. The molecule has 1 aromatic heterocycles. The number of nitrogens with zero attached hydrogens (tertiary/aromatic N) is 2. The van der Waals surface area contributed by atoms with Crippen LogP contribution in [0.4, 0.5) is 0 Å². The predicted octanol–water partition coefficient (Wildman–Crippen LogP) is 2.79. The molecule has 1 heterocycles. The minimum absolute atomic E-state index is 0.593. The first-order valence-electron chi connectivity index (χ1n) is 4.91. The monoisotopic (exact) mass is 299 g/mol. The highest BCUT2D eigenvalue weighted by Crippen LogP contribution is 2.19. The van der Waals surface area contributed by atoms with Crippen LogP contribution in [0, 0.1) is 0 Å². The summed E-state index contributed by atoms with van der Waals surface area (Å²) in [5.74, 6) is 0. The number of aromatic nitrogens is 2. The Morgan fingerprint density at radius 3 is 2.62 bits per heavy atom. The molecule has 5 heteroatoms. The van der Waals surface area contributed by atoms with Crippen LogP contribution in [0.2, 0.25) is 5.02 Å². The van der Waals surface area contributed by atoms with Gasteiger partial charge in [-0.05, 0) is 46.7 Å². The van der Waals surface area contributed by atoms with E-state index in [9.17, 15) is 0 Å². The van der Waals surface area contributed by atoms with E-state index in [4.69, 9.17) is 17.3 Å². The van der Waals surface area contributed by atoms with Gasteiger partial charge in [0, 0.05) is 17.6 Å². The highest BCUT2D eigenvalue weighted by Gasteiger charge is 2.06. The van der Waals surface area contributed by atoms with Crippen molar-refractivity contribution in [3.8, 4) is 5.69 Å². The second-order valence-electron chi connectivity index (χ2n) is 3.38. The molecule has 0 bridgehead atoms. The maximum absolute atomic E-state index is 5.83. The highest BCUT2D eigenvalue weighted by molar-refractivity contribution is 9.10. The van der Waals surface area contributed by atoms with Crippen molar-refractivity contribution in [2.24, 2.45) is 5.73 Å². The van der Waals surface area contributed by atoms with Crippen molar-refractivity contribution >= 4 is 27.5 Å². The van der Waals surface area contributed by atoms with Crippen molar-refractivity contribution in [1.29, 1.82) is 0 Å². The Balaban J connectivity index is 2.33. The third-order valence-corrected chi connectivity index (χ3v) is 3.13. The third-order valence-electron chi connectivity index (χ3n) is 2.21. The third kappa shape index (κ3) is 2.45. The molecule has 2 aromatic rings. The molecule has 0 aliphatic carbocycles. The normalized spacial score (nSPS) is 10.7. The van der Waals surface area contributed by atoms with E-state index in [1.165, 1.54) is 0 Å². The van der Waals surface area contributed by atoms with Gasteiger partial charge in [0.15, 0.2) is 0 Å². The lowest BCUT2D eigenvalue weighted by atomic mass is 10.3. The fourth-order valence-corrected chi connectivity index (χ4v) is 2.02. The first-order valence-corrected chi connectivity index (χ1v) is 6.08. The van der Waals surface area contributed by atoms with Crippen LogP contribution in [0.15, 0.2) is 34.9 Å². The van der Waals surface area contributed by atoms with Crippen molar-refractivity contribution in [2.45, 2.75) is 6.42 Å². The number of hydrogen-bond acceptors (Lipinski definition) is 2. The number of benzene rings is 1. The minimum atomic E-state index is 0.593. The fraction of sp³-hybridized carbons (Fsp3) is 0.182. The standard InChI is InChI=1S/C11H11BrClN3/c12-10-7-16(15-11(10)5-6-14)9-3-1-8(13)2-4-9/h1-4,7H,5-6,14H2. The highest BCUT2D eigenvalue weighted by atomic mass is 79.9. The summed E-state index contributed by atoms with van der Waals surface area (Å²) in [6.07, 6.45) is 2.69. The molecule has 0 saturated heterocycles. The van der Waals surface area contributed by atoms with E-state index >= 15 is 0 Å². The van der Waals surface area contributed by atoms with E-state index in [1.807, 2.05) is 35.1 Å². The molecule has 0 amide bonds. The van der Waals surface area contributed by atoms with Gasteiger partial charge in [-0.15, -0.1) is 0 Å². The van der Waals surface area contributed by atoms with Gasteiger partial charge in [0.2, 0.25) is 0 Å². The number of hydrogen-bond donors (Lipinski definition) is 1. The molecule has 0 fully saturated rings. The van der Waals surface area contributed by atoms with Gasteiger partial charge >= 0.3 is 0 Å². The molecule has 84 valence electrons. The molecule has 16 heavy (non-hydrogen) atoms. The van der Waals surface area contributed by atoms with Crippen LogP contribution in [0.25, 0.3) is 5.69 Å². The SMILES string of the molecule is NCCc1nn(-c2ccc(Cl)cc2)cc1Br. The van der Waals surface area contributed by atoms with Crippen molar-refractivity contribution in [2.75, 3.05) is 6.54 Å². The van der Waals surface area contributed by atoms with Crippen LogP contribution in [0.1, 0.15) is 5.69 Å². The van der Waals surface area contributed by atoms with E-state index in [0.29, 0.717) is 6.54 Å². The molecule has 1 aromatic carbocycles. The summed E-state index contributed by atoms with van der Waals surface area (Å²) < 4.78 is 2.79. The summed E-state index contributed by atoms with van der Waals surface area (Å²) in [5, 5.41) is 5.17. The van der Waals surface area contributed by atoms with Gasteiger partial charge < -0.3 is 5.73 Å². The molecule has 2 N–H and O–H groups in total. The molecule has 0 saturated carbocycles. The van der Waals surface area contributed by atoms with Crippen LogP contribution < -0.4 is 5.73 Å². The second kappa shape index (κ2) is 4.99. The summed E-state index contributed by atoms with van der Waals surface area (Å²) in [5.41, 5.74) is 7.46. The lowest BCUT2D eigenvalue weighted by Crippen LogP contribution is -2.04. The van der Waals surface area contributed by atoms with E-state index in [-0.39, 0.29) is 0 Å². The maximum atomic E-state index is 5.83. The summed E-state index contributed by atoms with van der Waals surface area (Å²) in [7, 11) is 0. The fourth-order valence-electron chi connectivity index (χ4n) is 1.42. The predicted molar refractivity (Wildman–Crippen MR) is 69.0 cm³/mol. The number of nitrogens with two attached hydrogens (primary N) is 1. The minimum Gasteiger partial charge on any atom is -0.330 e. The molecular formula is C11H11BrClN3. The lowest BCUT2D eigenvalue weighted by molar-refractivity contribution is 0.821. The Morgan fingerprint density at radius 2 is 2.00 bits per heavy atom. The quantitative estimate of drug-likeness (QED) is 0.947. The average Bonchev–Trinajstić information content (AvgIpc) is 2.62. The Morgan fingerprint density at radius 1 is 1.31 bits per heavy atom. The van der Waals surface area contributed by atoms with Crippen molar-refractivity contribution in [3.63, 3.8) is 0 Å². The van der Waals surface area contributed by atoms with Gasteiger partial charge in [0.1, 0.15) is 0 Å². The van der Waals surface area contributed by atoms with Gasteiger partial charge in [0.25, 0.3) is 0 Å². The number of rotatable bonds is 3. The zero-order valence-electron chi connectivity index (χ0n) is 8.53. The maximum Gasteiger partial charge on any atom is 0.0783 e. The first kappa shape index (κ1) is 11.6. The first-order chi connectivity index (χ1) is 7.70. The number of halogens is 2. The average molecular weight is 301 g/mol. The van der Waals surface area contributed by atoms with Crippen molar-refractivity contribution < 1.29 is 0 Å².